The normalized spacial score (nSPS) is 14.7. The van der Waals surface area contributed by atoms with Gasteiger partial charge in [-0.15, -0.1) is 11.3 Å². The number of sulfonamides is 1. The molecule has 4 rings (SSSR count). The quantitative estimate of drug-likeness (QED) is 0.350. The lowest BCUT2D eigenvalue weighted by Crippen LogP contribution is -2.46. The van der Waals surface area contributed by atoms with Crippen LogP contribution in [0.1, 0.15) is 10.4 Å². The van der Waals surface area contributed by atoms with Crippen molar-refractivity contribution < 1.29 is 22.3 Å². The molecule has 1 amide bonds. The highest BCUT2D eigenvalue weighted by Crippen LogP contribution is 2.21. The Kier molecular flexibility index (Phi) is 9.69. The van der Waals surface area contributed by atoms with E-state index in [4.69, 9.17) is 16.3 Å². The number of carbonyl (C=O) groups excluding carboxylic acids is 1. The molecule has 1 aliphatic heterocycles. The lowest BCUT2D eigenvalue weighted by Gasteiger charge is -2.31. The fourth-order valence-corrected chi connectivity index (χ4v) is 6.23. The molecule has 0 aliphatic carbocycles. The number of benzene rings is 2. The van der Waals surface area contributed by atoms with E-state index in [0.29, 0.717) is 44.4 Å². The molecule has 0 atom stereocenters. The third kappa shape index (κ3) is 7.83. The Labute approximate surface area is 226 Å². The summed E-state index contributed by atoms with van der Waals surface area (Å²) in [5.74, 6) is -0.694. The number of amides is 1. The number of morpholine rings is 1. The van der Waals surface area contributed by atoms with Crippen LogP contribution in [0.4, 0.5) is 4.39 Å². The minimum absolute atomic E-state index is 0.0787. The Hall–Kier alpha value is -2.34. The standard InChI is InChI=1S/C26H29ClFN3O4S2/c27-22-5-9-25(10-6-22)37(33,34)31(12-11-29-13-15-35-16-14-29)20-26(32)30(19-24-2-1-17-36-24)18-21-3-7-23(28)8-4-21/h1-10,17H,11-16,18-20H2. The highest BCUT2D eigenvalue weighted by Gasteiger charge is 2.29. The van der Waals surface area contributed by atoms with E-state index in [0.717, 1.165) is 10.4 Å². The number of hydrogen-bond donors (Lipinski definition) is 0. The summed E-state index contributed by atoms with van der Waals surface area (Å²) in [4.78, 5) is 18.4. The van der Waals surface area contributed by atoms with E-state index in [2.05, 4.69) is 4.90 Å². The predicted molar refractivity (Wildman–Crippen MR) is 142 cm³/mol. The molecule has 7 nitrogen and oxygen atoms in total. The number of thiophene rings is 1. The molecule has 198 valence electrons. The molecule has 1 fully saturated rings. The third-order valence-electron chi connectivity index (χ3n) is 6.10. The van der Waals surface area contributed by atoms with Crippen LogP contribution in [0.3, 0.4) is 0 Å². The zero-order valence-corrected chi connectivity index (χ0v) is 22.7. The number of nitrogens with zero attached hydrogens (tertiary/aromatic N) is 3. The largest absolute Gasteiger partial charge is 0.379 e. The van der Waals surface area contributed by atoms with E-state index in [-0.39, 0.29) is 36.3 Å². The van der Waals surface area contributed by atoms with E-state index >= 15 is 0 Å². The average molecular weight is 566 g/mol. The van der Waals surface area contributed by atoms with Gasteiger partial charge in [-0.25, -0.2) is 12.8 Å². The van der Waals surface area contributed by atoms with Gasteiger partial charge in [-0.1, -0.05) is 29.8 Å². The Morgan fingerprint density at radius 1 is 1.03 bits per heavy atom. The van der Waals surface area contributed by atoms with Crippen molar-refractivity contribution in [1.82, 2.24) is 14.1 Å². The second kappa shape index (κ2) is 12.9. The van der Waals surface area contributed by atoms with Crippen LogP contribution in [-0.2, 0) is 32.6 Å². The lowest BCUT2D eigenvalue weighted by atomic mass is 10.2. The molecule has 3 aromatic rings. The Balaban J connectivity index is 1.56. The Morgan fingerprint density at radius 2 is 1.73 bits per heavy atom. The van der Waals surface area contributed by atoms with Crippen molar-refractivity contribution in [3.05, 3.63) is 87.3 Å². The van der Waals surface area contributed by atoms with Crippen molar-refractivity contribution >= 4 is 38.9 Å². The molecule has 0 N–H and O–H groups in total. The molecule has 2 heterocycles. The maximum absolute atomic E-state index is 13.6. The Morgan fingerprint density at radius 3 is 2.38 bits per heavy atom. The lowest BCUT2D eigenvalue weighted by molar-refractivity contribution is -0.132. The molecule has 0 unspecified atom stereocenters. The number of carbonyl (C=O) groups is 1. The summed E-state index contributed by atoms with van der Waals surface area (Å²) in [6.07, 6.45) is 0. The average Bonchev–Trinajstić information content (AvgIpc) is 3.41. The monoisotopic (exact) mass is 565 g/mol. The van der Waals surface area contributed by atoms with Gasteiger partial charge in [0.15, 0.2) is 0 Å². The van der Waals surface area contributed by atoms with Gasteiger partial charge in [0.1, 0.15) is 5.82 Å². The molecule has 0 radical (unpaired) electrons. The first-order valence-electron chi connectivity index (χ1n) is 11.9. The Bertz CT molecular complexity index is 1250. The topological polar surface area (TPSA) is 70.2 Å². The summed E-state index contributed by atoms with van der Waals surface area (Å²) in [7, 11) is -3.97. The van der Waals surface area contributed by atoms with Crippen LogP contribution in [0, 0.1) is 5.82 Å². The third-order valence-corrected chi connectivity index (χ3v) is 9.07. The minimum Gasteiger partial charge on any atom is -0.379 e. The molecule has 0 spiro atoms. The van der Waals surface area contributed by atoms with Gasteiger partial charge in [0.25, 0.3) is 0 Å². The second-order valence-electron chi connectivity index (χ2n) is 8.70. The molecule has 37 heavy (non-hydrogen) atoms. The summed E-state index contributed by atoms with van der Waals surface area (Å²) in [5.41, 5.74) is 0.756. The SMILES string of the molecule is O=C(CN(CCN1CCOCC1)S(=O)(=O)c1ccc(Cl)cc1)N(Cc1ccc(F)cc1)Cc1cccs1. The first kappa shape index (κ1) is 27.7. The number of ether oxygens (including phenoxy) is 1. The smallest absolute Gasteiger partial charge is 0.243 e. The van der Waals surface area contributed by atoms with E-state index in [1.54, 1.807) is 17.0 Å². The van der Waals surface area contributed by atoms with Crippen molar-refractivity contribution in [2.75, 3.05) is 45.9 Å². The summed E-state index contributed by atoms with van der Waals surface area (Å²) >= 11 is 7.49. The van der Waals surface area contributed by atoms with E-state index < -0.39 is 10.0 Å². The summed E-state index contributed by atoms with van der Waals surface area (Å²) in [6.45, 7) is 3.47. The molecule has 1 aromatic heterocycles. The fraction of sp³-hybridized carbons (Fsp3) is 0.346. The minimum atomic E-state index is -3.97. The van der Waals surface area contributed by atoms with Crippen molar-refractivity contribution in [1.29, 1.82) is 0 Å². The number of halogens is 2. The van der Waals surface area contributed by atoms with Crippen LogP contribution >= 0.6 is 22.9 Å². The van der Waals surface area contributed by atoms with Crippen LogP contribution in [-0.4, -0.2) is 74.4 Å². The summed E-state index contributed by atoms with van der Waals surface area (Å²) in [6, 6.07) is 15.7. The number of hydrogen-bond acceptors (Lipinski definition) is 6. The van der Waals surface area contributed by atoms with E-state index in [1.165, 1.54) is 52.0 Å². The molecule has 1 aliphatic rings. The van der Waals surface area contributed by atoms with Crippen LogP contribution in [0.25, 0.3) is 0 Å². The summed E-state index contributed by atoms with van der Waals surface area (Å²) < 4.78 is 47.3. The van der Waals surface area contributed by atoms with Crippen molar-refractivity contribution in [3.63, 3.8) is 0 Å². The molecule has 2 aromatic carbocycles. The first-order chi connectivity index (χ1) is 17.8. The van der Waals surface area contributed by atoms with Gasteiger partial charge in [-0.05, 0) is 53.4 Å². The zero-order chi connectivity index (χ0) is 26.3. The zero-order valence-electron chi connectivity index (χ0n) is 20.3. The summed E-state index contributed by atoms with van der Waals surface area (Å²) in [5, 5.41) is 2.35. The van der Waals surface area contributed by atoms with Crippen LogP contribution in [0.15, 0.2) is 70.9 Å². The van der Waals surface area contributed by atoms with Gasteiger partial charge < -0.3 is 9.64 Å². The van der Waals surface area contributed by atoms with Crippen LogP contribution in [0.5, 0.6) is 0 Å². The van der Waals surface area contributed by atoms with Crippen molar-refractivity contribution in [3.8, 4) is 0 Å². The van der Waals surface area contributed by atoms with Gasteiger partial charge in [0, 0.05) is 42.6 Å². The molecule has 11 heteroatoms. The maximum Gasteiger partial charge on any atom is 0.243 e. The molecular formula is C26H29ClFN3O4S2. The second-order valence-corrected chi connectivity index (χ2v) is 12.1. The van der Waals surface area contributed by atoms with Crippen LogP contribution in [0.2, 0.25) is 5.02 Å². The van der Waals surface area contributed by atoms with Gasteiger partial charge in [0.05, 0.1) is 31.2 Å². The fourth-order valence-electron chi connectivity index (χ4n) is 4.00. The maximum atomic E-state index is 13.6. The van der Waals surface area contributed by atoms with Crippen LogP contribution < -0.4 is 0 Å². The van der Waals surface area contributed by atoms with Crippen molar-refractivity contribution in [2.24, 2.45) is 0 Å². The molecule has 0 bridgehead atoms. The van der Waals surface area contributed by atoms with E-state index in [9.17, 15) is 17.6 Å². The highest BCUT2D eigenvalue weighted by atomic mass is 35.5. The molecule has 0 saturated carbocycles. The predicted octanol–water partition coefficient (Wildman–Crippen LogP) is 4.09. The number of rotatable bonds is 11. The van der Waals surface area contributed by atoms with Gasteiger partial charge in [-0.3, -0.25) is 9.69 Å². The van der Waals surface area contributed by atoms with Crippen molar-refractivity contribution in [2.45, 2.75) is 18.0 Å². The molecular weight excluding hydrogens is 537 g/mol. The first-order valence-corrected chi connectivity index (χ1v) is 14.6. The van der Waals surface area contributed by atoms with Gasteiger partial charge in [-0.2, -0.15) is 4.31 Å². The highest BCUT2D eigenvalue weighted by molar-refractivity contribution is 7.89. The van der Waals surface area contributed by atoms with Gasteiger partial charge >= 0.3 is 0 Å². The molecule has 1 saturated heterocycles. The van der Waals surface area contributed by atoms with E-state index in [1.807, 2.05) is 17.5 Å². The van der Waals surface area contributed by atoms with Gasteiger partial charge in [0.2, 0.25) is 15.9 Å².